The van der Waals surface area contributed by atoms with Crippen LogP contribution in [0, 0.1) is 17.7 Å². The number of hydrogen-bond acceptors (Lipinski definition) is 3. The van der Waals surface area contributed by atoms with Crippen LogP contribution in [0.1, 0.15) is 11.6 Å². The fourth-order valence-corrected chi connectivity index (χ4v) is 3.86. The van der Waals surface area contributed by atoms with Gasteiger partial charge in [0.05, 0.1) is 11.4 Å². The van der Waals surface area contributed by atoms with Crippen LogP contribution < -0.4 is 0 Å². The Kier molecular flexibility index (Phi) is 4.70. The molecule has 2 aliphatic rings. The summed E-state index contributed by atoms with van der Waals surface area (Å²) in [6.45, 7) is -0.0278. The summed E-state index contributed by atoms with van der Waals surface area (Å²) < 4.78 is 93.6. The predicted octanol–water partition coefficient (Wildman–Crippen LogP) is 4.29. The lowest BCUT2D eigenvalue weighted by molar-refractivity contribution is -0.308. The molecule has 2 aromatic rings. The fraction of sp³-hybridized carbons (Fsp3) is 0.444. The van der Waals surface area contributed by atoms with Crippen molar-refractivity contribution in [3.8, 4) is 5.69 Å². The molecule has 4 rings (SSSR count). The topological polar surface area (TPSA) is 47.4 Å². The molecule has 3 atom stereocenters. The first-order valence-corrected chi connectivity index (χ1v) is 8.85. The number of piperidine rings is 1. The molecule has 1 saturated carbocycles. The number of aromatic nitrogens is 2. The van der Waals surface area contributed by atoms with E-state index in [2.05, 4.69) is 9.84 Å². The first-order chi connectivity index (χ1) is 13.9. The zero-order valence-corrected chi connectivity index (χ0v) is 15.0. The minimum Gasteiger partial charge on any atom is -0.426 e. The smallest absolute Gasteiger partial charge is 0.426 e. The Morgan fingerprint density at radius 1 is 1.00 bits per heavy atom. The largest absolute Gasteiger partial charge is 0.434 e. The van der Waals surface area contributed by atoms with Crippen molar-refractivity contribution in [2.45, 2.75) is 24.4 Å². The summed E-state index contributed by atoms with van der Waals surface area (Å²) in [5.41, 5.74) is 1.31. The van der Waals surface area contributed by atoms with E-state index in [1.54, 1.807) is 12.3 Å². The van der Waals surface area contributed by atoms with Gasteiger partial charge in [0.25, 0.3) is 6.10 Å². The minimum atomic E-state index is -5.74. The molecule has 1 aliphatic heterocycles. The van der Waals surface area contributed by atoms with Gasteiger partial charge in [-0.3, -0.25) is 0 Å². The van der Waals surface area contributed by atoms with Gasteiger partial charge in [0.2, 0.25) is 0 Å². The molecule has 1 amide bonds. The van der Waals surface area contributed by atoms with Crippen LogP contribution in [-0.4, -0.2) is 52.3 Å². The van der Waals surface area contributed by atoms with E-state index in [4.69, 9.17) is 0 Å². The molecule has 1 aromatic heterocycles. The van der Waals surface area contributed by atoms with Crippen LogP contribution in [-0.2, 0) is 4.74 Å². The van der Waals surface area contributed by atoms with Gasteiger partial charge in [-0.2, -0.15) is 31.4 Å². The first-order valence-electron chi connectivity index (χ1n) is 8.85. The Morgan fingerprint density at radius 3 is 2.10 bits per heavy atom. The Hall–Kier alpha value is -2.79. The summed E-state index contributed by atoms with van der Waals surface area (Å²) in [7, 11) is 0. The lowest BCUT2D eigenvalue weighted by Crippen LogP contribution is -2.48. The van der Waals surface area contributed by atoms with Crippen molar-refractivity contribution in [3.05, 3.63) is 48.0 Å². The molecule has 12 heteroatoms. The van der Waals surface area contributed by atoms with Gasteiger partial charge < -0.3 is 9.64 Å². The van der Waals surface area contributed by atoms with E-state index in [9.17, 15) is 35.5 Å². The van der Waals surface area contributed by atoms with E-state index < -0.39 is 30.4 Å². The summed E-state index contributed by atoms with van der Waals surface area (Å²) in [6, 6.07) is 7.37. The highest BCUT2D eigenvalue weighted by Crippen LogP contribution is 2.58. The highest BCUT2D eigenvalue weighted by atomic mass is 19.4. The maximum absolute atomic E-state index is 13.0. The summed E-state index contributed by atoms with van der Waals surface area (Å²) in [5.74, 6) is -0.696. The van der Waals surface area contributed by atoms with Crippen molar-refractivity contribution >= 4 is 6.09 Å². The Labute approximate surface area is 165 Å². The fourth-order valence-electron chi connectivity index (χ4n) is 3.86. The van der Waals surface area contributed by atoms with Crippen LogP contribution in [0.4, 0.5) is 35.5 Å². The van der Waals surface area contributed by atoms with Crippen LogP contribution in [0.15, 0.2) is 36.5 Å². The van der Waals surface area contributed by atoms with E-state index in [0.717, 1.165) is 4.90 Å². The molecule has 1 aromatic carbocycles. The summed E-state index contributed by atoms with van der Waals surface area (Å²) in [6.07, 6.45) is -15.6. The number of alkyl halides is 6. The number of benzene rings is 1. The SMILES string of the molecule is O=C(OC(C(F)(F)F)C(F)(F)F)N1C[C@@H]2C(c3ccn(-c4ccc(F)cc4)n3)[C@@H]2C1. The summed E-state index contributed by atoms with van der Waals surface area (Å²) >= 11 is 0. The Balaban J connectivity index is 1.37. The van der Waals surface area contributed by atoms with Crippen LogP contribution in [0.5, 0.6) is 0 Å². The van der Waals surface area contributed by atoms with Crippen LogP contribution in [0.25, 0.3) is 5.69 Å². The Bertz CT molecular complexity index is 912. The predicted molar refractivity (Wildman–Crippen MR) is 87.2 cm³/mol. The number of carbonyl (C=O) groups is 1. The highest BCUT2D eigenvalue weighted by Gasteiger charge is 2.62. The van der Waals surface area contributed by atoms with Gasteiger partial charge in [0, 0.05) is 25.2 Å². The molecule has 0 bridgehead atoms. The molecule has 2 heterocycles. The molecule has 1 saturated heterocycles. The molecule has 0 radical (unpaired) electrons. The highest BCUT2D eigenvalue weighted by molar-refractivity contribution is 5.69. The molecule has 0 spiro atoms. The molecule has 2 fully saturated rings. The van der Waals surface area contributed by atoms with Gasteiger partial charge in [-0.1, -0.05) is 0 Å². The zero-order chi connectivity index (χ0) is 21.8. The minimum absolute atomic E-state index is 0.0139. The third kappa shape index (κ3) is 3.82. The molecule has 162 valence electrons. The number of likely N-dealkylation sites (tertiary alicyclic amines) is 1. The third-order valence-corrected chi connectivity index (χ3v) is 5.31. The standard InChI is InChI=1S/C18H14F7N3O2/c19-9-1-3-10(4-2-9)28-6-5-13(26-28)14-11-7-27(8-12(11)14)16(29)30-15(17(20,21)22)18(23,24)25/h1-6,11-12,14-15H,7-8H2/t11-,12+,14?. The maximum Gasteiger partial charge on any atom is 0.434 e. The molecular formula is C18H14F7N3O2. The van der Waals surface area contributed by atoms with Crippen LogP contribution in [0.3, 0.4) is 0 Å². The Morgan fingerprint density at radius 2 is 1.57 bits per heavy atom. The number of ether oxygens (including phenoxy) is 1. The molecule has 0 N–H and O–H groups in total. The number of carbonyl (C=O) groups excluding carboxylic acids is 1. The van der Waals surface area contributed by atoms with Crippen molar-refractivity contribution in [2.24, 2.45) is 11.8 Å². The third-order valence-electron chi connectivity index (χ3n) is 5.31. The molecule has 1 unspecified atom stereocenters. The van der Waals surface area contributed by atoms with E-state index >= 15 is 0 Å². The van der Waals surface area contributed by atoms with E-state index in [1.807, 2.05) is 0 Å². The summed E-state index contributed by atoms with van der Waals surface area (Å²) in [5, 5.41) is 4.40. The van der Waals surface area contributed by atoms with Crippen molar-refractivity contribution < 1.29 is 40.3 Å². The number of hydrogen-bond donors (Lipinski definition) is 0. The van der Waals surface area contributed by atoms with Crippen molar-refractivity contribution in [2.75, 3.05) is 13.1 Å². The molecular weight excluding hydrogens is 423 g/mol. The second-order valence-electron chi connectivity index (χ2n) is 7.27. The lowest BCUT2D eigenvalue weighted by Gasteiger charge is -2.26. The van der Waals surface area contributed by atoms with Gasteiger partial charge in [-0.15, -0.1) is 0 Å². The van der Waals surface area contributed by atoms with E-state index in [1.165, 1.54) is 28.9 Å². The van der Waals surface area contributed by atoms with Gasteiger partial charge in [0.15, 0.2) is 0 Å². The second kappa shape index (κ2) is 6.88. The lowest BCUT2D eigenvalue weighted by atomic mass is 10.2. The number of nitrogens with zero attached hydrogens (tertiary/aromatic N) is 3. The molecule has 5 nitrogen and oxygen atoms in total. The average Bonchev–Trinajstić information content (AvgIpc) is 3.02. The number of rotatable bonds is 3. The van der Waals surface area contributed by atoms with E-state index in [-0.39, 0.29) is 30.8 Å². The van der Waals surface area contributed by atoms with Gasteiger partial charge >= 0.3 is 18.4 Å². The van der Waals surface area contributed by atoms with Gasteiger partial charge in [-0.05, 0) is 42.2 Å². The number of halogens is 7. The monoisotopic (exact) mass is 437 g/mol. The van der Waals surface area contributed by atoms with Gasteiger partial charge in [0.1, 0.15) is 5.82 Å². The van der Waals surface area contributed by atoms with E-state index in [0.29, 0.717) is 11.4 Å². The van der Waals surface area contributed by atoms with Crippen molar-refractivity contribution in [1.29, 1.82) is 0 Å². The van der Waals surface area contributed by atoms with Crippen LogP contribution >= 0.6 is 0 Å². The van der Waals surface area contributed by atoms with Gasteiger partial charge in [-0.25, -0.2) is 13.9 Å². The summed E-state index contributed by atoms with van der Waals surface area (Å²) in [4.78, 5) is 12.7. The normalized spacial score (nSPS) is 23.6. The molecule has 1 aliphatic carbocycles. The maximum atomic E-state index is 13.0. The number of amides is 1. The zero-order valence-electron chi connectivity index (χ0n) is 15.0. The second-order valence-corrected chi connectivity index (χ2v) is 7.27. The first kappa shape index (κ1) is 20.5. The quantitative estimate of drug-likeness (QED) is 0.674. The number of fused-ring (bicyclic) bond motifs is 1. The molecule has 30 heavy (non-hydrogen) atoms. The van der Waals surface area contributed by atoms with Crippen molar-refractivity contribution in [3.63, 3.8) is 0 Å². The van der Waals surface area contributed by atoms with Crippen LogP contribution in [0.2, 0.25) is 0 Å². The average molecular weight is 437 g/mol. The van der Waals surface area contributed by atoms with Crippen molar-refractivity contribution in [1.82, 2.24) is 14.7 Å².